The van der Waals surface area contributed by atoms with Crippen LogP contribution in [-0.2, 0) is 0 Å². The number of aliphatic hydroxyl groups excluding tert-OH is 1. The molecule has 0 heterocycles. The lowest BCUT2D eigenvalue weighted by Gasteiger charge is -2.16. The molecule has 0 saturated heterocycles. The van der Waals surface area contributed by atoms with Crippen molar-refractivity contribution in [2.45, 2.75) is 26.9 Å². The summed E-state index contributed by atoms with van der Waals surface area (Å²) in [6, 6.07) is 6.95. The highest BCUT2D eigenvalue weighted by atomic mass is 19.1. The number of aryl methyl sites for hydroxylation is 2. The molecule has 0 saturated carbocycles. The minimum atomic E-state index is -0.881. The standard InChI is InChI=1S/C16H16F2O2/c1-9-4-5-12(17)7-15(9)20-16-6-10(2)14(18)8-13(16)11(3)19/h4-8,11,19H,1-3H3. The van der Waals surface area contributed by atoms with E-state index in [2.05, 4.69) is 0 Å². The Kier molecular flexibility index (Phi) is 4.04. The van der Waals surface area contributed by atoms with Crippen molar-refractivity contribution in [3.8, 4) is 11.5 Å². The van der Waals surface area contributed by atoms with E-state index in [0.29, 0.717) is 22.6 Å². The molecule has 106 valence electrons. The van der Waals surface area contributed by atoms with E-state index in [-0.39, 0.29) is 0 Å². The molecule has 0 aromatic heterocycles. The lowest BCUT2D eigenvalue weighted by molar-refractivity contribution is 0.195. The van der Waals surface area contributed by atoms with Crippen LogP contribution in [0.5, 0.6) is 11.5 Å². The number of hydrogen-bond donors (Lipinski definition) is 1. The van der Waals surface area contributed by atoms with Crippen LogP contribution in [0, 0.1) is 25.5 Å². The molecule has 2 aromatic rings. The summed E-state index contributed by atoms with van der Waals surface area (Å²) in [5.74, 6) is -0.155. The number of ether oxygens (including phenoxy) is 1. The SMILES string of the molecule is Cc1cc(Oc2cc(F)ccc2C)c(C(C)O)cc1F. The maximum absolute atomic E-state index is 13.6. The zero-order valence-corrected chi connectivity index (χ0v) is 11.6. The molecule has 4 heteroatoms. The van der Waals surface area contributed by atoms with Crippen LogP contribution in [0.2, 0.25) is 0 Å². The fourth-order valence-corrected chi connectivity index (χ4v) is 1.89. The van der Waals surface area contributed by atoms with Crippen LogP contribution in [0.3, 0.4) is 0 Å². The van der Waals surface area contributed by atoms with Crippen molar-refractivity contribution in [1.29, 1.82) is 0 Å². The average molecular weight is 278 g/mol. The molecule has 2 rings (SSSR count). The molecule has 1 atom stereocenters. The molecule has 2 nitrogen and oxygen atoms in total. The summed E-state index contributed by atoms with van der Waals surface area (Å²) in [5, 5.41) is 9.70. The lowest BCUT2D eigenvalue weighted by Crippen LogP contribution is -2.00. The summed E-state index contributed by atoms with van der Waals surface area (Å²) in [6.07, 6.45) is -0.881. The van der Waals surface area contributed by atoms with Crippen LogP contribution in [-0.4, -0.2) is 5.11 Å². The van der Waals surface area contributed by atoms with Crippen molar-refractivity contribution in [1.82, 2.24) is 0 Å². The first-order valence-electron chi connectivity index (χ1n) is 6.30. The molecule has 0 radical (unpaired) electrons. The van der Waals surface area contributed by atoms with Crippen LogP contribution >= 0.6 is 0 Å². The van der Waals surface area contributed by atoms with Gasteiger partial charge in [-0.1, -0.05) is 6.07 Å². The molecule has 0 spiro atoms. The predicted octanol–water partition coefficient (Wildman–Crippen LogP) is 4.43. The zero-order chi connectivity index (χ0) is 14.9. The van der Waals surface area contributed by atoms with Crippen LogP contribution in [0.1, 0.15) is 29.7 Å². The van der Waals surface area contributed by atoms with E-state index in [9.17, 15) is 13.9 Å². The highest BCUT2D eigenvalue weighted by molar-refractivity contribution is 5.44. The van der Waals surface area contributed by atoms with E-state index in [4.69, 9.17) is 4.74 Å². The van der Waals surface area contributed by atoms with Gasteiger partial charge in [-0.3, -0.25) is 0 Å². The van der Waals surface area contributed by atoms with Gasteiger partial charge in [0.15, 0.2) is 0 Å². The van der Waals surface area contributed by atoms with Gasteiger partial charge in [-0.2, -0.15) is 0 Å². The number of aliphatic hydroxyl groups is 1. The van der Waals surface area contributed by atoms with Crippen LogP contribution < -0.4 is 4.74 Å². The number of benzene rings is 2. The minimum absolute atomic E-state index is 0.326. The summed E-state index contributed by atoms with van der Waals surface area (Å²) in [6.45, 7) is 4.91. The first-order chi connectivity index (χ1) is 9.38. The molecule has 0 amide bonds. The smallest absolute Gasteiger partial charge is 0.133 e. The fourth-order valence-electron chi connectivity index (χ4n) is 1.89. The van der Waals surface area contributed by atoms with Gasteiger partial charge in [0.2, 0.25) is 0 Å². The second-order valence-electron chi connectivity index (χ2n) is 4.83. The highest BCUT2D eigenvalue weighted by Crippen LogP contribution is 2.33. The van der Waals surface area contributed by atoms with Crippen molar-refractivity contribution < 1.29 is 18.6 Å². The van der Waals surface area contributed by atoms with Gasteiger partial charge in [0.05, 0.1) is 6.10 Å². The normalized spacial score (nSPS) is 12.3. The Morgan fingerprint density at radius 3 is 2.35 bits per heavy atom. The Morgan fingerprint density at radius 1 is 1.00 bits per heavy atom. The van der Waals surface area contributed by atoms with Crippen molar-refractivity contribution in [2.24, 2.45) is 0 Å². The van der Waals surface area contributed by atoms with E-state index in [1.807, 2.05) is 0 Å². The Hall–Kier alpha value is -1.94. The van der Waals surface area contributed by atoms with Gasteiger partial charge in [0.1, 0.15) is 23.1 Å². The summed E-state index contributed by atoms with van der Waals surface area (Å²) in [7, 11) is 0. The maximum atomic E-state index is 13.6. The van der Waals surface area contributed by atoms with Crippen molar-refractivity contribution in [3.63, 3.8) is 0 Å². The first kappa shape index (κ1) is 14.5. The molecule has 0 aliphatic carbocycles. The van der Waals surface area contributed by atoms with Crippen LogP contribution in [0.4, 0.5) is 8.78 Å². The predicted molar refractivity (Wildman–Crippen MR) is 73.0 cm³/mol. The Balaban J connectivity index is 2.47. The summed E-state index contributed by atoms with van der Waals surface area (Å²) < 4.78 is 32.5. The minimum Gasteiger partial charge on any atom is -0.457 e. The van der Waals surface area contributed by atoms with E-state index < -0.39 is 17.7 Å². The summed E-state index contributed by atoms with van der Waals surface area (Å²) in [5.41, 5.74) is 1.49. The van der Waals surface area contributed by atoms with Gasteiger partial charge in [-0.15, -0.1) is 0 Å². The molecule has 0 aliphatic heterocycles. The second kappa shape index (κ2) is 5.59. The maximum Gasteiger partial charge on any atom is 0.133 e. The van der Waals surface area contributed by atoms with E-state index in [1.165, 1.54) is 31.2 Å². The van der Waals surface area contributed by atoms with E-state index in [0.717, 1.165) is 5.56 Å². The Bertz CT molecular complexity index is 637. The molecule has 1 N–H and O–H groups in total. The largest absolute Gasteiger partial charge is 0.457 e. The molecular weight excluding hydrogens is 262 g/mol. The van der Waals surface area contributed by atoms with Crippen molar-refractivity contribution in [3.05, 3.63) is 58.7 Å². The first-order valence-corrected chi connectivity index (χ1v) is 6.30. The molecule has 0 aliphatic rings. The molecular formula is C16H16F2O2. The topological polar surface area (TPSA) is 29.5 Å². The van der Waals surface area contributed by atoms with Gasteiger partial charge < -0.3 is 9.84 Å². The Morgan fingerprint density at radius 2 is 1.70 bits per heavy atom. The van der Waals surface area contributed by atoms with Gasteiger partial charge in [0.25, 0.3) is 0 Å². The van der Waals surface area contributed by atoms with E-state index >= 15 is 0 Å². The summed E-state index contributed by atoms with van der Waals surface area (Å²) >= 11 is 0. The third kappa shape index (κ3) is 2.96. The zero-order valence-electron chi connectivity index (χ0n) is 11.6. The Labute approximate surface area is 116 Å². The highest BCUT2D eigenvalue weighted by Gasteiger charge is 2.14. The lowest BCUT2D eigenvalue weighted by atomic mass is 10.1. The second-order valence-corrected chi connectivity index (χ2v) is 4.83. The molecule has 1 unspecified atom stereocenters. The molecule has 0 fully saturated rings. The van der Waals surface area contributed by atoms with Crippen molar-refractivity contribution >= 4 is 0 Å². The molecule has 2 aromatic carbocycles. The van der Waals surface area contributed by atoms with Gasteiger partial charge >= 0.3 is 0 Å². The number of hydrogen-bond acceptors (Lipinski definition) is 2. The van der Waals surface area contributed by atoms with Crippen LogP contribution in [0.15, 0.2) is 30.3 Å². The molecule has 0 bridgehead atoms. The summed E-state index contributed by atoms with van der Waals surface area (Å²) in [4.78, 5) is 0. The quantitative estimate of drug-likeness (QED) is 0.900. The monoisotopic (exact) mass is 278 g/mol. The van der Waals surface area contributed by atoms with Gasteiger partial charge in [0, 0.05) is 11.6 Å². The molecule has 20 heavy (non-hydrogen) atoms. The van der Waals surface area contributed by atoms with Crippen LogP contribution in [0.25, 0.3) is 0 Å². The third-order valence-electron chi connectivity index (χ3n) is 3.11. The number of rotatable bonds is 3. The third-order valence-corrected chi connectivity index (χ3v) is 3.11. The van der Waals surface area contributed by atoms with Gasteiger partial charge in [-0.05, 0) is 50.1 Å². The van der Waals surface area contributed by atoms with E-state index in [1.54, 1.807) is 19.9 Å². The van der Waals surface area contributed by atoms with Gasteiger partial charge in [-0.25, -0.2) is 8.78 Å². The fraction of sp³-hybridized carbons (Fsp3) is 0.250. The number of halogens is 2. The average Bonchev–Trinajstić information content (AvgIpc) is 2.37. The van der Waals surface area contributed by atoms with Crippen molar-refractivity contribution in [2.75, 3.05) is 0 Å².